The molecule has 5 nitrogen and oxygen atoms in total. The molecule has 1 aromatic heterocycles. The number of benzene rings is 2. The Morgan fingerprint density at radius 2 is 1.87 bits per heavy atom. The molecule has 1 heterocycles. The van der Waals surface area contributed by atoms with Gasteiger partial charge < -0.3 is 14.0 Å². The molecule has 5 heteroatoms. The lowest BCUT2D eigenvalue weighted by atomic mass is 9.75. The smallest absolute Gasteiger partial charge is 0.326 e. The molecule has 164 valence electrons. The van der Waals surface area contributed by atoms with Gasteiger partial charge in [-0.05, 0) is 67.0 Å². The number of aromatic nitrogens is 2. The van der Waals surface area contributed by atoms with Gasteiger partial charge in [0.1, 0.15) is 24.2 Å². The summed E-state index contributed by atoms with van der Waals surface area (Å²) >= 11 is 0. The maximum Gasteiger partial charge on any atom is 0.326 e. The van der Waals surface area contributed by atoms with Crippen molar-refractivity contribution >= 4 is 17.0 Å². The maximum absolute atomic E-state index is 13.1. The molecular formula is C26H32N2O3. The number of hydrogen-bond donors (Lipinski definition) is 0. The Morgan fingerprint density at radius 1 is 1.13 bits per heavy atom. The number of fused-ring (bicyclic) bond motifs is 1. The minimum absolute atomic E-state index is 0.00419. The fourth-order valence-corrected chi connectivity index (χ4v) is 4.78. The van der Waals surface area contributed by atoms with E-state index in [2.05, 4.69) is 20.8 Å². The van der Waals surface area contributed by atoms with Gasteiger partial charge in [0, 0.05) is 5.56 Å². The van der Waals surface area contributed by atoms with E-state index in [1.54, 1.807) is 7.11 Å². The number of hydrogen-bond acceptors (Lipinski definition) is 4. The van der Waals surface area contributed by atoms with Crippen molar-refractivity contribution in [3.63, 3.8) is 0 Å². The van der Waals surface area contributed by atoms with Crippen LogP contribution in [0.5, 0.6) is 5.75 Å². The number of imidazole rings is 1. The molecule has 0 amide bonds. The highest BCUT2D eigenvalue weighted by Gasteiger charge is 2.33. The van der Waals surface area contributed by atoms with E-state index < -0.39 is 0 Å². The van der Waals surface area contributed by atoms with Gasteiger partial charge in [-0.3, -0.25) is 4.79 Å². The molecule has 1 unspecified atom stereocenters. The Bertz CT molecular complexity index is 1040. The first-order valence-corrected chi connectivity index (χ1v) is 11.3. The van der Waals surface area contributed by atoms with Crippen molar-refractivity contribution in [3.05, 3.63) is 48.5 Å². The molecule has 4 rings (SSSR count). The van der Waals surface area contributed by atoms with E-state index in [4.69, 9.17) is 14.5 Å². The molecule has 0 spiro atoms. The molecular weight excluding hydrogens is 388 g/mol. The number of esters is 1. The van der Waals surface area contributed by atoms with Gasteiger partial charge in [0.2, 0.25) is 0 Å². The zero-order valence-electron chi connectivity index (χ0n) is 18.9. The van der Waals surface area contributed by atoms with Crippen molar-refractivity contribution in [1.29, 1.82) is 0 Å². The van der Waals surface area contributed by atoms with Crippen LogP contribution < -0.4 is 4.74 Å². The Balaban J connectivity index is 1.61. The number of ether oxygens (including phenoxy) is 2. The lowest BCUT2D eigenvalue weighted by Crippen LogP contribution is -2.36. The van der Waals surface area contributed by atoms with Gasteiger partial charge in [-0.1, -0.05) is 39.3 Å². The van der Waals surface area contributed by atoms with Crippen LogP contribution in [-0.2, 0) is 16.1 Å². The second-order valence-corrected chi connectivity index (χ2v) is 9.09. The number of nitrogens with zero attached hydrogens (tertiary/aromatic N) is 2. The van der Waals surface area contributed by atoms with E-state index >= 15 is 0 Å². The third kappa shape index (κ3) is 4.60. The van der Waals surface area contributed by atoms with E-state index in [9.17, 15) is 4.79 Å². The van der Waals surface area contributed by atoms with Crippen LogP contribution in [0.1, 0.15) is 40.0 Å². The van der Waals surface area contributed by atoms with Crippen LogP contribution in [0, 0.1) is 17.8 Å². The third-order valence-electron chi connectivity index (χ3n) is 6.53. The van der Waals surface area contributed by atoms with E-state index in [-0.39, 0.29) is 18.6 Å². The second-order valence-electron chi connectivity index (χ2n) is 9.09. The molecule has 1 aliphatic rings. The molecule has 0 N–H and O–H groups in total. The summed E-state index contributed by atoms with van der Waals surface area (Å²) in [7, 11) is 1.65. The van der Waals surface area contributed by atoms with Gasteiger partial charge in [-0.2, -0.15) is 0 Å². The van der Waals surface area contributed by atoms with Gasteiger partial charge in [-0.25, -0.2) is 4.98 Å². The van der Waals surface area contributed by atoms with Crippen LogP contribution in [-0.4, -0.2) is 28.7 Å². The average Bonchev–Trinajstić information content (AvgIpc) is 3.12. The van der Waals surface area contributed by atoms with Crippen LogP contribution in [0.25, 0.3) is 22.4 Å². The number of carbonyl (C=O) groups is 1. The number of para-hydroxylation sites is 2. The second kappa shape index (κ2) is 9.13. The summed E-state index contributed by atoms with van der Waals surface area (Å²) < 4.78 is 13.3. The van der Waals surface area contributed by atoms with Crippen LogP contribution >= 0.6 is 0 Å². The predicted molar refractivity (Wildman–Crippen MR) is 123 cm³/mol. The van der Waals surface area contributed by atoms with Crippen LogP contribution in [0.4, 0.5) is 0 Å². The lowest BCUT2D eigenvalue weighted by molar-refractivity contribution is -0.156. The van der Waals surface area contributed by atoms with E-state index in [1.807, 2.05) is 53.1 Å². The van der Waals surface area contributed by atoms with Crippen LogP contribution in [0.15, 0.2) is 48.5 Å². The number of methoxy groups -OCH3 is 1. The minimum Gasteiger partial charge on any atom is -0.497 e. The largest absolute Gasteiger partial charge is 0.497 e. The molecule has 1 saturated carbocycles. The Hall–Kier alpha value is -2.82. The average molecular weight is 421 g/mol. The van der Waals surface area contributed by atoms with Gasteiger partial charge in [0.25, 0.3) is 0 Å². The summed E-state index contributed by atoms with van der Waals surface area (Å²) in [5.74, 6) is 2.89. The lowest BCUT2D eigenvalue weighted by Gasteiger charge is -2.36. The SMILES string of the molecule is COc1ccc(-c2nc3ccccc3n2CC(=O)OC2C[C@H](C)CC[C@H]2C(C)C)cc1. The first-order valence-electron chi connectivity index (χ1n) is 11.3. The van der Waals surface area contributed by atoms with Gasteiger partial charge in [-0.15, -0.1) is 0 Å². The first-order chi connectivity index (χ1) is 15.0. The highest BCUT2D eigenvalue weighted by Crippen LogP contribution is 2.35. The summed E-state index contributed by atoms with van der Waals surface area (Å²) in [4.78, 5) is 17.9. The molecule has 3 atom stereocenters. The fourth-order valence-electron chi connectivity index (χ4n) is 4.78. The minimum atomic E-state index is -0.192. The van der Waals surface area contributed by atoms with Crippen molar-refractivity contribution < 1.29 is 14.3 Å². The predicted octanol–water partition coefficient (Wildman–Crippen LogP) is 5.72. The molecule has 1 fully saturated rings. The summed E-state index contributed by atoms with van der Waals surface area (Å²) in [5.41, 5.74) is 2.74. The molecule has 0 aliphatic heterocycles. The van der Waals surface area contributed by atoms with Crippen LogP contribution in [0.2, 0.25) is 0 Å². The summed E-state index contributed by atoms with van der Waals surface area (Å²) in [6.07, 6.45) is 3.28. The zero-order valence-corrected chi connectivity index (χ0v) is 18.9. The molecule has 2 aromatic carbocycles. The number of rotatable bonds is 6. The number of carbonyl (C=O) groups excluding carboxylic acids is 1. The molecule has 0 bridgehead atoms. The summed E-state index contributed by atoms with van der Waals surface area (Å²) in [5, 5.41) is 0. The quantitative estimate of drug-likeness (QED) is 0.479. The highest BCUT2D eigenvalue weighted by atomic mass is 16.5. The maximum atomic E-state index is 13.1. The molecule has 1 aliphatic carbocycles. The topological polar surface area (TPSA) is 53.4 Å². The van der Waals surface area contributed by atoms with Gasteiger partial charge in [0.05, 0.1) is 18.1 Å². The molecule has 0 radical (unpaired) electrons. The standard InChI is InChI=1S/C26H32N2O3/c1-17(2)21-14-9-18(3)15-24(21)31-25(29)16-28-23-8-6-5-7-22(23)27-26(28)19-10-12-20(30-4)13-11-19/h5-8,10-13,17-18,21,24H,9,14-16H2,1-4H3/t18-,21+,24?/m1/s1. The van der Waals surface area contributed by atoms with Crippen molar-refractivity contribution in [1.82, 2.24) is 9.55 Å². The monoisotopic (exact) mass is 420 g/mol. The van der Waals surface area contributed by atoms with Crippen LogP contribution in [0.3, 0.4) is 0 Å². The van der Waals surface area contributed by atoms with Gasteiger partial charge in [0.15, 0.2) is 0 Å². The molecule has 31 heavy (non-hydrogen) atoms. The fraction of sp³-hybridized carbons (Fsp3) is 0.462. The Kier molecular flexibility index (Phi) is 6.30. The Morgan fingerprint density at radius 3 is 2.58 bits per heavy atom. The van der Waals surface area contributed by atoms with Crippen molar-refractivity contribution in [2.24, 2.45) is 17.8 Å². The first kappa shape index (κ1) is 21.4. The van der Waals surface area contributed by atoms with E-state index in [1.165, 1.54) is 6.42 Å². The van der Waals surface area contributed by atoms with Crippen molar-refractivity contribution in [3.8, 4) is 17.1 Å². The normalized spacial score (nSPS) is 21.4. The van der Waals surface area contributed by atoms with Gasteiger partial charge >= 0.3 is 5.97 Å². The van der Waals surface area contributed by atoms with E-state index in [0.717, 1.165) is 41.0 Å². The van der Waals surface area contributed by atoms with Crippen molar-refractivity contribution in [2.45, 2.75) is 52.7 Å². The van der Waals surface area contributed by atoms with Crippen molar-refractivity contribution in [2.75, 3.05) is 7.11 Å². The molecule has 0 saturated heterocycles. The Labute approximate surface area is 184 Å². The third-order valence-corrected chi connectivity index (χ3v) is 6.53. The highest BCUT2D eigenvalue weighted by molar-refractivity contribution is 5.83. The summed E-state index contributed by atoms with van der Waals surface area (Å²) in [6.45, 7) is 6.86. The zero-order chi connectivity index (χ0) is 22.0. The van der Waals surface area contributed by atoms with E-state index in [0.29, 0.717) is 17.8 Å². The molecule has 3 aromatic rings. The summed E-state index contributed by atoms with van der Waals surface area (Å²) in [6, 6.07) is 15.7.